The van der Waals surface area contributed by atoms with Crippen molar-refractivity contribution in [3.8, 4) is 0 Å². The Kier molecular flexibility index (Phi) is 4.77. The second kappa shape index (κ2) is 6.80. The number of amides is 1. The predicted octanol–water partition coefficient (Wildman–Crippen LogP) is -2.04. The molecule has 0 radical (unpaired) electrons. The van der Waals surface area contributed by atoms with Gasteiger partial charge < -0.3 is 15.5 Å². The molecule has 3 aliphatic heterocycles. The van der Waals surface area contributed by atoms with Crippen molar-refractivity contribution in [3.05, 3.63) is 24.5 Å². The van der Waals surface area contributed by atoms with Crippen molar-refractivity contribution in [1.29, 1.82) is 0 Å². The van der Waals surface area contributed by atoms with Crippen LogP contribution in [0.3, 0.4) is 0 Å². The van der Waals surface area contributed by atoms with Gasteiger partial charge in [-0.3, -0.25) is 4.79 Å². The van der Waals surface area contributed by atoms with Crippen LogP contribution >= 0.6 is 0 Å². The largest absolute Gasteiger partial charge is 0.352 e. The molecule has 7 heteroatoms. The highest BCUT2D eigenvalue weighted by Crippen LogP contribution is 2.28. The van der Waals surface area contributed by atoms with E-state index in [1.165, 1.54) is 6.54 Å². The fourth-order valence-electron chi connectivity index (χ4n) is 4.14. The average Bonchev–Trinajstić information content (AvgIpc) is 3.02. The maximum absolute atomic E-state index is 12.6. The lowest BCUT2D eigenvalue weighted by molar-refractivity contribution is -0.945. The number of rotatable bonds is 6. The molecular formula is C16H28N6O+2. The Morgan fingerprint density at radius 2 is 2.48 bits per heavy atom. The molecule has 0 spiro atoms. The number of carbonyl (C=O) groups excluding carboxylic acids is 1. The first-order valence-corrected chi connectivity index (χ1v) is 8.51. The summed E-state index contributed by atoms with van der Waals surface area (Å²) < 4.78 is 1.94. The van der Waals surface area contributed by atoms with Gasteiger partial charge in [0.05, 0.1) is 31.7 Å². The first kappa shape index (κ1) is 16.1. The minimum absolute atomic E-state index is 0.172. The third kappa shape index (κ3) is 3.30. The molecule has 0 aliphatic carbocycles. The van der Waals surface area contributed by atoms with Crippen molar-refractivity contribution in [3.63, 3.8) is 0 Å². The van der Waals surface area contributed by atoms with Crippen molar-refractivity contribution < 1.29 is 15.4 Å². The number of aromatic nitrogens is 3. The van der Waals surface area contributed by atoms with Gasteiger partial charge in [-0.05, 0) is 5.92 Å². The molecular weight excluding hydrogens is 292 g/mol. The lowest BCUT2D eigenvalue weighted by Crippen LogP contribution is -3.20. The van der Waals surface area contributed by atoms with Crippen LogP contribution in [-0.2, 0) is 17.9 Å². The van der Waals surface area contributed by atoms with E-state index in [2.05, 4.69) is 22.6 Å². The quantitative estimate of drug-likeness (QED) is 0.592. The van der Waals surface area contributed by atoms with Crippen molar-refractivity contribution in [2.24, 2.45) is 11.8 Å². The van der Waals surface area contributed by atoms with Gasteiger partial charge in [-0.25, -0.2) is 4.68 Å². The fourth-order valence-corrected chi connectivity index (χ4v) is 4.14. The van der Waals surface area contributed by atoms with Crippen molar-refractivity contribution in [2.75, 3.05) is 26.7 Å². The molecule has 4 N–H and O–H groups in total. The van der Waals surface area contributed by atoms with Crippen LogP contribution < -0.4 is 10.6 Å². The number of piperidine rings is 3. The van der Waals surface area contributed by atoms with Crippen LogP contribution in [0.15, 0.2) is 18.9 Å². The predicted molar refractivity (Wildman–Crippen MR) is 85.1 cm³/mol. The maximum atomic E-state index is 12.6. The molecule has 3 aliphatic rings. The molecule has 1 amide bonds. The molecule has 1 unspecified atom stereocenters. The van der Waals surface area contributed by atoms with Crippen LogP contribution in [0.4, 0.5) is 0 Å². The van der Waals surface area contributed by atoms with E-state index in [9.17, 15) is 4.79 Å². The Balaban J connectivity index is 1.62. The number of carbonyl (C=O) groups is 1. The van der Waals surface area contributed by atoms with E-state index in [4.69, 9.17) is 0 Å². The molecule has 3 saturated heterocycles. The fraction of sp³-hybridized carbons (Fsp3) is 0.688. The summed E-state index contributed by atoms with van der Waals surface area (Å²) in [6.45, 7) is 8.04. The Morgan fingerprint density at radius 3 is 3.09 bits per heavy atom. The van der Waals surface area contributed by atoms with Crippen molar-refractivity contribution in [2.45, 2.75) is 32.0 Å². The average molecular weight is 320 g/mol. The second-order valence-corrected chi connectivity index (χ2v) is 6.89. The number of likely N-dealkylation sites (N-methyl/N-ethyl adjacent to an activating group) is 1. The van der Waals surface area contributed by atoms with Gasteiger partial charge in [-0.2, -0.15) is 0 Å². The van der Waals surface area contributed by atoms with Gasteiger partial charge in [0.25, 0.3) is 0 Å². The minimum atomic E-state index is 0.172. The zero-order valence-corrected chi connectivity index (χ0v) is 13.9. The zero-order chi connectivity index (χ0) is 16.4. The molecule has 4 heterocycles. The topological polar surface area (TPSA) is 83.1 Å². The molecule has 1 aromatic rings. The number of quaternary nitrogens is 2. The summed E-state index contributed by atoms with van der Waals surface area (Å²) >= 11 is 0. The van der Waals surface area contributed by atoms with E-state index in [0.717, 1.165) is 31.6 Å². The monoisotopic (exact) mass is 320 g/mol. The van der Waals surface area contributed by atoms with E-state index in [-0.39, 0.29) is 11.8 Å². The molecule has 0 saturated carbocycles. The molecule has 1 aromatic heterocycles. The van der Waals surface area contributed by atoms with Gasteiger partial charge >= 0.3 is 0 Å². The standard InChI is InChI=1S/C16H26N6O/c1-3-5-20(2)16(23)15-11-21-6-4-12(15)7-14(21)10-22-9-13(8-17)18-19-22/h3,9,12,14-15H,1,4-8,10-11,17H2,2H3/p+2/t12-,14+,15-/m0/s1. The van der Waals surface area contributed by atoms with Gasteiger partial charge in [-0.15, -0.1) is 11.7 Å². The van der Waals surface area contributed by atoms with Gasteiger partial charge in [0.2, 0.25) is 5.91 Å². The molecule has 126 valence electrons. The van der Waals surface area contributed by atoms with Crippen LogP contribution in [0, 0.1) is 11.8 Å². The van der Waals surface area contributed by atoms with E-state index in [1.807, 2.05) is 22.8 Å². The Bertz CT molecular complexity index is 571. The van der Waals surface area contributed by atoms with Gasteiger partial charge in [0, 0.05) is 26.4 Å². The van der Waals surface area contributed by atoms with Crippen LogP contribution in [0.2, 0.25) is 0 Å². The van der Waals surface area contributed by atoms with Crippen LogP contribution in [0.25, 0.3) is 0 Å². The summed E-state index contributed by atoms with van der Waals surface area (Å²) in [4.78, 5) is 16.0. The highest BCUT2D eigenvalue weighted by Gasteiger charge is 2.47. The van der Waals surface area contributed by atoms with Gasteiger partial charge in [0.15, 0.2) is 0 Å². The Labute approximate surface area is 137 Å². The van der Waals surface area contributed by atoms with Crippen LogP contribution in [-0.4, -0.2) is 58.5 Å². The van der Waals surface area contributed by atoms with Gasteiger partial charge in [-0.1, -0.05) is 11.3 Å². The summed E-state index contributed by atoms with van der Waals surface area (Å²) in [7, 11) is 1.88. The SMILES string of the molecule is C=CCN(C)C(=O)[C@H]1C[NH+]2CC[C@H]1C[C@@H]2Cn1cc(C[NH3+])nn1. The molecule has 4 rings (SSSR count). The molecule has 7 nitrogen and oxygen atoms in total. The number of hydrogen-bond acceptors (Lipinski definition) is 3. The minimum Gasteiger partial charge on any atom is -0.352 e. The second-order valence-electron chi connectivity index (χ2n) is 6.89. The number of hydrogen-bond donors (Lipinski definition) is 2. The normalized spacial score (nSPS) is 29.5. The summed E-state index contributed by atoms with van der Waals surface area (Å²) in [6, 6.07) is 0.543. The third-order valence-electron chi connectivity index (χ3n) is 5.40. The number of nitrogens with one attached hydrogen (secondary N) is 1. The van der Waals surface area contributed by atoms with E-state index in [0.29, 0.717) is 25.0 Å². The summed E-state index contributed by atoms with van der Waals surface area (Å²) in [6.07, 6.45) is 6.05. The summed E-state index contributed by atoms with van der Waals surface area (Å²) in [5, 5.41) is 8.32. The summed E-state index contributed by atoms with van der Waals surface area (Å²) in [5.41, 5.74) is 4.78. The van der Waals surface area contributed by atoms with E-state index in [1.54, 1.807) is 11.0 Å². The molecule has 4 atom stereocenters. The van der Waals surface area contributed by atoms with Crippen molar-refractivity contribution >= 4 is 5.91 Å². The lowest BCUT2D eigenvalue weighted by Gasteiger charge is -2.46. The highest BCUT2D eigenvalue weighted by molar-refractivity contribution is 5.79. The zero-order valence-electron chi connectivity index (χ0n) is 13.9. The lowest BCUT2D eigenvalue weighted by atomic mass is 9.75. The first-order valence-electron chi connectivity index (χ1n) is 8.51. The van der Waals surface area contributed by atoms with Crippen LogP contribution in [0.5, 0.6) is 0 Å². The van der Waals surface area contributed by atoms with Gasteiger partial charge in [0.1, 0.15) is 18.3 Å². The smallest absolute Gasteiger partial charge is 0.231 e. The molecule has 0 aromatic carbocycles. The van der Waals surface area contributed by atoms with Crippen LogP contribution in [0.1, 0.15) is 18.5 Å². The maximum Gasteiger partial charge on any atom is 0.231 e. The Morgan fingerprint density at radius 1 is 1.65 bits per heavy atom. The van der Waals surface area contributed by atoms with E-state index >= 15 is 0 Å². The summed E-state index contributed by atoms with van der Waals surface area (Å²) in [5.74, 6) is 0.963. The Hall–Kier alpha value is -1.73. The first-order chi connectivity index (χ1) is 11.1. The number of nitrogens with zero attached hydrogens (tertiary/aromatic N) is 4. The van der Waals surface area contributed by atoms with E-state index < -0.39 is 0 Å². The molecule has 23 heavy (non-hydrogen) atoms. The molecule has 2 bridgehead atoms. The highest BCUT2D eigenvalue weighted by atomic mass is 16.2. The number of fused-ring (bicyclic) bond motifs is 3. The van der Waals surface area contributed by atoms with Crippen molar-refractivity contribution in [1.82, 2.24) is 19.9 Å². The third-order valence-corrected chi connectivity index (χ3v) is 5.40. The molecule has 3 fully saturated rings.